The summed E-state index contributed by atoms with van der Waals surface area (Å²) in [6.45, 7) is 4.83. The molecule has 6 rings (SSSR count). The Labute approximate surface area is 173 Å². The van der Waals surface area contributed by atoms with E-state index in [0.29, 0.717) is 12.5 Å². The van der Waals surface area contributed by atoms with Crippen LogP contribution in [0.2, 0.25) is 0 Å². The van der Waals surface area contributed by atoms with Gasteiger partial charge < -0.3 is 14.5 Å². The minimum atomic E-state index is -0.142. The molecule has 2 atom stereocenters. The first-order chi connectivity index (χ1) is 14.3. The number of carbonyl (C=O) groups excluding carboxylic acids is 1. The average molecular weight is 391 g/mol. The van der Waals surface area contributed by atoms with Crippen molar-refractivity contribution in [3.05, 3.63) is 71.3 Å². The van der Waals surface area contributed by atoms with Gasteiger partial charge >= 0.3 is 6.09 Å². The van der Waals surface area contributed by atoms with Crippen LogP contribution in [-0.4, -0.2) is 48.7 Å². The first-order valence-corrected chi connectivity index (χ1v) is 11.1. The van der Waals surface area contributed by atoms with Crippen LogP contribution in [0.5, 0.6) is 0 Å². The van der Waals surface area contributed by atoms with Crippen LogP contribution in [0.1, 0.15) is 35.6 Å². The maximum atomic E-state index is 13.1. The molecule has 4 aliphatic rings. The van der Waals surface area contributed by atoms with Gasteiger partial charge in [-0.1, -0.05) is 54.6 Å². The van der Waals surface area contributed by atoms with Crippen molar-refractivity contribution in [2.24, 2.45) is 11.8 Å². The number of nitrogens with zero attached hydrogens (tertiary/aromatic N) is 2. The van der Waals surface area contributed by atoms with E-state index in [0.717, 1.165) is 31.8 Å². The van der Waals surface area contributed by atoms with Crippen LogP contribution >= 0.6 is 0 Å². The first-order valence-electron chi connectivity index (χ1n) is 11.1. The summed E-state index contributed by atoms with van der Waals surface area (Å²) >= 11 is 0. The Morgan fingerprint density at radius 1 is 0.966 bits per heavy atom. The summed E-state index contributed by atoms with van der Waals surface area (Å²) in [5.41, 5.74) is 3.88. The minimum Gasteiger partial charge on any atom is -0.449 e. The van der Waals surface area contributed by atoms with Gasteiger partial charge in [-0.2, -0.15) is 0 Å². The number of ether oxygens (including phenoxy) is 1. The summed E-state index contributed by atoms with van der Waals surface area (Å²) in [4.78, 5) is 17.6. The van der Waals surface area contributed by atoms with E-state index >= 15 is 0 Å². The van der Waals surface area contributed by atoms with E-state index < -0.39 is 0 Å². The van der Waals surface area contributed by atoms with Gasteiger partial charge in [-0.15, -0.1) is 0 Å². The molecule has 0 saturated carbocycles. The van der Waals surface area contributed by atoms with Crippen molar-refractivity contribution in [3.8, 4) is 0 Å². The maximum absolute atomic E-state index is 13.1. The zero-order chi connectivity index (χ0) is 19.6. The van der Waals surface area contributed by atoms with Crippen LogP contribution in [0.4, 0.5) is 4.79 Å². The van der Waals surface area contributed by atoms with Gasteiger partial charge in [0.2, 0.25) is 0 Å². The van der Waals surface area contributed by atoms with E-state index in [-0.39, 0.29) is 12.1 Å². The molecule has 4 nitrogen and oxygen atoms in total. The minimum absolute atomic E-state index is 0.0430. The highest BCUT2D eigenvalue weighted by atomic mass is 16.6. The molecule has 3 saturated heterocycles. The number of hydrogen-bond acceptors (Lipinski definition) is 3. The highest BCUT2D eigenvalue weighted by molar-refractivity contribution is 5.69. The molecule has 1 amide bonds. The third kappa shape index (κ3) is 3.91. The SMILES string of the molecule is O=C(OCC1CN2CCC1CC2)N1CCc2ccccc2C1Cc1ccccc1. The molecule has 0 spiro atoms. The van der Waals surface area contributed by atoms with E-state index in [1.54, 1.807) is 0 Å². The number of piperidine rings is 3. The number of hydrogen-bond donors (Lipinski definition) is 0. The zero-order valence-corrected chi connectivity index (χ0v) is 17.0. The van der Waals surface area contributed by atoms with E-state index in [1.807, 2.05) is 11.0 Å². The van der Waals surface area contributed by atoms with Gasteiger partial charge in [0.1, 0.15) is 0 Å². The molecular formula is C25H30N2O2. The molecular weight excluding hydrogens is 360 g/mol. The van der Waals surface area contributed by atoms with Crippen LogP contribution in [-0.2, 0) is 17.6 Å². The van der Waals surface area contributed by atoms with Crippen LogP contribution < -0.4 is 0 Å². The van der Waals surface area contributed by atoms with Gasteiger partial charge in [-0.25, -0.2) is 4.79 Å². The lowest BCUT2D eigenvalue weighted by Gasteiger charge is -2.44. The van der Waals surface area contributed by atoms with Gasteiger partial charge in [0.25, 0.3) is 0 Å². The summed E-state index contributed by atoms with van der Waals surface area (Å²) in [6.07, 6.45) is 4.10. The smallest absolute Gasteiger partial charge is 0.410 e. The molecule has 4 heteroatoms. The summed E-state index contributed by atoms with van der Waals surface area (Å²) < 4.78 is 5.92. The number of amides is 1. The summed E-state index contributed by atoms with van der Waals surface area (Å²) in [5, 5.41) is 0. The molecule has 152 valence electrons. The summed E-state index contributed by atoms with van der Waals surface area (Å²) in [6, 6.07) is 19.1. The molecule has 0 aliphatic carbocycles. The number of fused-ring (bicyclic) bond motifs is 4. The largest absolute Gasteiger partial charge is 0.449 e. The summed E-state index contributed by atoms with van der Waals surface area (Å²) in [5.74, 6) is 1.24. The molecule has 3 fully saturated rings. The molecule has 0 radical (unpaired) electrons. The Morgan fingerprint density at radius 2 is 1.72 bits per heavy atom. The third-order valence-electron chi connectivity index (χ3n) is 7.13. The van der Waals surface area contributed by atoms with Crippen molar-refractivity contribution in [2.45, 2.75) is 31.7 Å². The van der Waals surface area contributed by atoms with E-state index in [9.17, 15) is 4.79 Å². The van der Waals surface area contributed by atoms with Crippen LogP contribution in [0.25, 0.3) is 0 Å². The molecule has 2 aromatic carbocycles. The Bertz CT molecular complexity index is 845. The van der Waals surface area contributed by atoms with Gasteiger partial charge in [-0.3, -0.25) is 0 Å². The third-order valence-corrected chi connectivity index (χ3v) is 7.13. The normalized spacial score (nSPS) is 28.1. The van der Waals surface area contributed by atoms with Crippen molar-refractivity contribution in [1.82, 2.24) is 9.80 Å². The molecule has 2 unspecified atom stereocenters. The van der Waals surface area contributed by atoms with Crippen molar-refractivity contribution in [3.63, 3.8) is 0 Å². The first kappa shape index (κ1) is 18.7. The lowest BCUT2D eigenvalue weighted by atomic mass is 9.79. The Balaban J connectivity index is 1.31. The predicted molar refractivity (Wildman–Crippen MR) is 114 cm³/mol. The quantitative estimate of drug-likeness (QED) is 0.780. The van der Waals surface area contributed by atoms with Crippen molar-refractivity contribution in [1.29, 1.82) is 0 Å². The monoisotopic (exact) mass is 390 g/mol. The lowest BCUT2D eigenvalue weighted by Crippen LogP contribution is -2.49. The van der Waals surface area contributed by atoms with Gasteiger partial charge in [-0.05, 0) is 61.4 Å². The highest BCUT2D eigenvalue weighted by Crippen LogP contribution is 2.35. The number of rotatable bonds is 4. The van der Waals surface area contributed by atoms with Crippen molar-refractivity contribution < 1.29 is 9.53 Å². The topological polar surface area (TPSA) is 32.8 Å². The van der Waals surface area contributed by atoms with Gasteiger partial charge in [0.05, 0.1) is 12.6 Å². The highest BCUT2D eigenvalue weighted by Gasteiger charge is 2.36. The molecule has 0 N–H and O–H groups in total. The van der Waals surface area contributed by atoms with E-state index in [2.05, 4.69) is 53.4 Å². The molecule has 2 aromatic rings. The Kier molecular flexibility index (Phi) is 5.28. The lowest BCUT2D eigenvalue weighted by molar-refractivity contribution is 0.00109. The fourth-order valence-corrected chi connectivity index (χ4v) is 5.47. The second kappa shape index (κ2) is 8.19. The zero-order valence-electron chi connectivity index (χ0n) is 17.0. The van der Waals surface area contributed by atoms with Gasteiger partial charge in [0, 0.05) is 19.0 Å². The van der Waals surface area contributed by atoms with Crippen LogP contribution in [0, 0.1) is 11.8 Å². The van der Waals surface area contributed by atoms with Crippen LogP contribution in [0.15, 0.2) is 54.6 Å². The van der Waals surface area contributed by atoms with Crippen LogP contribution in [0.3, 0.4) is 0 Å². The Morgan fingerprint density at radius 3 is 2.48 bits per heavy atom. The van der Waals surface area contributed by atoms with Crippen molar-refractivity contribution >= 4 is 6.09 Å². The molecule has 29 heavy (non-hydrogen) atoms. The fourth-order valence-electron chi connectivity index (χ4n) is 5.47. The summed E-state index contributed by atoms with van der Waals surface area (Å²) in [7, 11) is 0. The second-order valence-corrected chi connectivity index (χ2v) is 8.82. The molecule has 4 aliphatic heterocycles. The molecule has 4 heterocycles. The van der Waals surface area contributed by atoms with E-state index in [4.69, 9.17) is 4.74 Å². The standard InChI is InChI=1S/C25H30N2O2/c28-25(29-18-22-17-26-13-10-20(22)11-14-26)27-15-12-21-8-4-5-9-23(21)24(27)16-19-6-2-1-3-7-19/h1-9,20,22,24H,10-18H2. The van der Waals surface area contributed by atoms with E-state index in [1.165, 1.54) is 42.6 Å². The van der Waals surface area contributed by atoms with Crippen molar-refractivity contribution in [2.75, 3.05) is 32.8 Å². The Hall–Kier alpha value is -2.33. The maximum Gasteiger partial charge on any atom is 0.410 e. The number of benzene rings is 2. The van der Waals surface area contributed by atoms with Gasteiger partial charge in [0.15, 0.2) is 0 Å². The number of carbonyl (C=O) groups is 1. The second-order valence-electron chi connectivity index (χ2n) is 8.82. The molecule has 2 bridgehead atoms. The predicted octanol–water partition coefficient (Wildman–Crippen LogP) is 4.31. The molecule has 0 aromatic heterocycles. The fraction of sp³-hybridized carbons (Fsp3) is 0.480. The average Bonchev–Trinajstić information content (AvgIpc) is 2.79.